The van der Waals surface area contributed by atoms with Gasteiger partial charge in [-0.15, -0.1) is 0 Å². The molecule has 1 fully saturated rings. The Bertz CT molecular complexity index is 735. The van der Waals surface area contributed by atoms with E-state index in [-0.39, 0.29) is 12.5 Å². The predicted octanol–water partition coefficient (Wildman–Crippen LogP) is 3.34. The SMILES string of the molecule is Cc1cc(C)c(C)c(OCC(=O)N2CCN(c3ccccc3)CC2)c1. The van der Waals surface area contributed by atoms with Gasteiger partial charge in [-0.3, -0.25) is 4.79 Å². The maximum absolute atomic E-state index is 12.5. The van der Waals surface area contributed by atoms with Crippen LogP contribution in [0.2, 0.25) is 0 Å². The fraction of sp³-hybridized carbons (Fsp3) is 0.381. The number of rotatable bonds is 4. The number of anilines is 1. The lowest BCUT2D eigenvalue weighted by atomic mass is 10.1. The number of piperazine rings is 1. The van der Waals surface area contributed by atoms with Crippen molar-refractivity contribution in [3.63, 3.8) is 0 Å². The van der Waals surface area contributed by atoms with Crippen molar-refractivity contribution in [2.75, 3.05) is 37.7 Å². The van der Waals surface area contributed by atoms with Crippen LogP contribution in [0.5, 0.6) is 5.75 Å². The molecular formula is C21H26N2O2. The summed E-state index contributed by atoms with van der Waals surface area (Å²) < 4.78 is 5.82. The van der Waals surface area contributed by atoms with Crippen molar-refractivity contribution in [2.24, 2.45) is 0 Å². The molecule has 0 saturated carbocycles. The molecule has 1 aliphatic rings. The van der Waals surface area contributed by atoms with Crippen LogP contribution < -0.4 is 9.64 Å². The first-order chi connectivity index (χ1) is 12.0. The molecule has 0 radical (unpaired) electrons. The molecule has 1 heterocycles. The number of amides is 1. The summed E-state index contributed by atoms with van der Waals surface area (Å²) in [6, 6.07) is 14.5. The van der Waals surface area contributed by atoms with E-state index in [1.54, 1.807) is 0 Å². The van der Waals surface area contributed by atoms with Crippen LogP contribution in [-0.4, -0.2) is 43.6 Å². The Morgan fingerprint density at radius 1 is 1.00 bits per heavy atom. The van der Waals surface area contributed by atoms with E-state index in [9.17, 15) is 4.79 Å². The van der Waals surface area contributed by atoms with Crippen LogP contribution in [0.1, 0.15) is 16.7 Å². The summed E-state index contributed by atoms with van der Waals surface area (Å²) in [5.74, 6) is 0.875. The van der Waals surface area contributed by atoms with Crippen molar-refractivity contribution in [3.05, 3.63) is 59.2 Å². The van der Waals surface area contributed by atoms with Crippen molar-refractivity contribution in [1.29, 1.82) is 0 Å². The van der Waals surface area contributed by atoms with E-state index in [1.165, 1.54) is 11.3 Å². The highest BCUT2D eigenvalue weighted by Gasteiger charge is 2.21. The van der Waals surface area contributed by atoms with E-state index in [1.807, 2.05) is 43.0 Å². The average molecular weight is 338 g/mol. The monoisotopic (exact) mass is 338 g/mol. The number of benzene rings is 2. The van der Waals surface area contributed by atoms with Crippen LogP contribution in [0, 0.1) is 20.8 Å². The van der Waals surface area contributed by atoms with Crippen LogP contribution in [0.4, 0.5) is 5.69 Å². The summed E-state index contributed by atoms with van der Waals surface area (Å²) in [5, 5.41) is 0. The number of ether oxygens (including phenoxy) is 1. The van der Waals surface area contributed by atoms with Gasteiger partial charge >= 0.3 is 0 Å². The second kappa shape index (κ2) is 7.60. The smallest absolute Gasteiger partial charge is 0.260 e. The van der Waals surface area contributed by atoms with Gasteiger partial charge in [0.25, 0.3) is 5.91 Å². The summed E-state index contributed by atoms with van der Waals surface area (Å²) in [5.41, 5.74) is 4.67. The fourth-order valence-corrected chi connectivity index (χ4v) is 3.23. The Labute approximate surface area is 150 Å². The van der Waals surface area contributed by atoms with Crippen molar-refractivity contribution < 1.29 is 9.53 Å². The van der Waals surface area contributed by atoms with Crippen molar-refractivity contribution in [1.82, 2.24) is 4.90 Å². The Hall–Kier alpha value is -2.49. The summed E-state index contributed by atoms with van der Waals surface area (Å²) in [4.78, 5) is 16.7. The van der Waals surface area contributed by atoms with E-state index < -0.39 is 0 Å². The number of hydrogen-bond acceptors (Lipinski definition) is 3. The quantitative estimate of drug-likeness (QED) is 0.857. The van der Waals surface area contributed by atoms with Gasteiger partial charge in [-0.25, -0.2) is 0 Å². The van der Waals surface area contributed by atoms with E-state index in [0.717, 1.165) is 43.1 Å². The highest BCUT2D eigenvalue weighted by Crippen LogP contribution is 2.23. The summed E-state index contributed by atoms with van der Waals surface area (Å²) in [6.07, 6.45) is 0. The van der Waals surface area contributed by atoms with Gasteiger partial charge in [0.05, 0.1) is 0 Å². The van der Waals surface area contributed by atoms with E-state index >= 15 is 0 Å². The van der Waals surface area contributed by atoms with Crippen LogP contribution >= 0.6 is 0 Å². The van der Waals surface area contributed by atoms with Crippen molar-refractivity contribution in [3.8, 4) is 5.75 Å². The van der Waals surface area contributed by atoms with Gasteiger partial charge in [0.1, 0.15) is 5.75 Å². The van der Waals surface area contributed by atoms with Gasteiger partial charge in [0, 0.05) is 31.9 Å². The van der Waals surface area contributed by atoms with Gasteiger partial charge in [-0.1, -0.05) is 24.3 Å². The third-order valence-corrected chi connectivity index (χ3v) is 4.87. The van der Waals surface area contributed by atoms with Crippen molar-refractivity contribution >= 4 is 11.6 Å². The maximum Gasteiger partial charge on any atom is 0.260 e. The van der Waals surface area contributed by atoms with E-state index in [2.05, 4.69) is 30.0 Å². The molecule has 0 spiro atoms. The number of carbonyl (C=O) groups excluding carboxylic acids is 1. The minimum absolute atomic E-state index is 0.0614. The van der Waals surface area contributed by atoms with Crippen LogP contribution in [0.15, 0.2) is 42.5 Å². The first-order valence-corrected chi connectivity index (χ1v) is 8.83. The second-order valence-electron chi connectivity index (χ2n) is 6.70. The Morgan fingerprint density at radius 2 is 1.68 bits per heavy atom. The molecule has 0 aromatic heterocycles. The molecule has 25 heavy (non-hydrogen) atoms. The molecule has 4 nitrogen and oxygen atoms in total. The predicted molar refractivity (Wildman–Crippen MR) is 101 cm³/mol. The molecule has 1 aliphatic heterocycles. The lowest BCUT2D eigenvalue weighted by Gasteiger charge is -2.36. The molecule has 132 valence electrons. The van der Waals surface area contributed by atoms with E-state index in [0.29, 0.717) is 0 Å². The Balaban J connectivity index is 1.53. The normalized spacial score (nSPS) is 14.5. The van der Waals surface area contributed by atoms with Gasteiger partial charge in [-0.05, 0) is 55.7 Å². The topological polar surface area (TPSA) is 32.8 Å². The van der Waals surface area contributed by atoms with Gasteiger partial charge < -0.3 is 14.5 Å². The zero-order chi connectivity index (χ0) is 17.8. The molecule has 0 N–H and O–H groups in total. The lowest BCUT2D eigenvalue weighted by Crippen LogP contribution is -2.50. The third kappa shape index (κ3) is 4.13. The van der Waals surface area contributed by atoms with Crippen LogP contribution in [0.25, 0.3) is 0 Å². The molecule has 3 rings (SSSR count). The number of carbonyl (C=O) groups is 1. The molecule has 0 bridgehead atoms. The molecule has 0 aliphatic carbocycles. The second-order valence-corrected chi connectivity index (χ2v) is 6.70. The number of aryl methyl sites for hydroxylation is 2. The van der Waals surface area contributed by atoms with Gasteiger partial charge in [0.15, 0.2) is 6.61 Å². The van der Waals surface area contributed by atoms with Crippen molar-refractivity contribution in [2.45, 2.75) is 20.8 Å². The number of hydrogen-bond donors (Lipinski definition) is 0. The molecule has 0 atom stereocenters. The highest BCUT2D eigenvalue weighted by atomic mass is 16.5. The van der Waals surface area contributed by atoms with E-state index in [4.69, 9.17) is 4.74 Å². The summed E-state index contributed by atoms with van der Waals surface area (Å²) in [6.45, 7) is 9.45. The zero-order valence-electron chi connectivity index (χ0n) is 15.3. The minimum Gasteiger partial charge on any atom is -0.483 e. The molecule has 1 amide bonds. The third-order valence-electron chi connectivity index (χ3n) is 4.87. The van der Waals surface area contributed by atoms with Gasteiger partial charge in [0.2, 0.25) is 0 Å². The molecule has 2 aromatic rings. The van der Waals surface area contributed by atoms with Crippen LogP contribution in [-0.2, 0) is 4.79 Å². The summed E-state index contributed by atoms with van der Waals surface area (Å²) >= 11 is 0. The largest absolute Gasteiger partial charge is 0.483 e. The fourth-order valence-electron chi connectivity index (χ4n) is 3.23. The average Bonchev–Trinajstić information content (AvgIpc) is 2.64. The van der Waals surface area contributed by atoms with Gasteiger partial charge in [-0.2, -0.15) is 0 Å². The molecule has 2 aromatic carbocycles. The molecular weight excluding hydrogens is 312 g/mol. The molecule has 4 heteroatoms. The molecule has 1 saturated heterocycles. The highest BCUT2D eigenvalue weighted by molar-refractivity contribution is 5.78. The number of nitrogens with zero attached hydrogens (tertiary/aromatic N) is 2. The Kier molecular flexibility index (Phi) is 5.27. The summed E-state index contributed by atoms with van der Waals surface area (Å²) in [7, 11) is 0. The molecule has 0 unspecified atom stereocenters. The Morgan fingerprint density at radius 3 is 2.36 bits per heavy atom. The zero-order valence-corrected chi connectivity index (χ0v) is 15.3. The van der Waals surface area contributed by atoms with Crippen LogP contribution in [0.3, 0.4) is 0 Å². The maximum atomic E-state index is 12.5. The standard InChI is InChI=1S/C21H26N2O2/c1-16-13-17(2)18(3)20(14-16)25-15-21(24)23-11-9-22(10-12-23)19-7-5-4-6-8-19/h4-8,13-14H,9-12,15H2,1-3H3. The first-order valence-electron chi connectivity index (χ1n) is 8.83. The minimum atomic E-state index is 0.0614. The number of para-hydroxylation sites is 1. The lowest BCUT2D eigenvalue weighted by molar-refractivity contribution is -0.133. The first kappa shape index (κ1) is 17.3.